The highest BCUT2D eigenvalue weighted by atomic mass is 32.1. The molecule has 1 aliphatic heterocycles. The lowest BCUT2D eigenvalue weighted by molar-refractivity contribution is 0.102. The Morgan fingerprint density at radius 2 is 2.04 bits per heavy atom. The first kappa shape index (κ1) is 18.3. The van der Waals surface area contributed by atoms with Crippen LogP contribution in [0.5, 0.6) is 0 Å². The third-order valence-corrected chi connectivity index (χ3v) is 4.76. The summed E-state index contributed by atoms with van der Waals surface area (Å²) in [5.41, 5.74) is 4.63. The molecular weight excluding hydrogens is 346 g/mol. The molecule has 3 aromatic rings. The quantitative estimate of drug-likeness (QED) is 0.735. The summed E-state index contributed by atoms with van der Waals surface area (Å²) >= 11 is 1.60. The number of H-pyrrole nitrogens is 1. The monoisotopic (exact) mass is 369 g/mol. The fourth-order valence-electron chi connectivity index (χ4n) is 2.79. The van der Waals surface area contributed by atoms with Gasteiger partial charge in [-0.3, -0.25) is 19.8 Å². The Morgan fingerprint density at radius 1 is 1.27 bits per heavy atom. The third kappa shape index (κ3) is 5.24. The van der Waals surface area contributed by atoms with E-state index in [1.807, 2.05) is 36.6 Å². The van der Waals surface area contributed by atoms with Gasteiger partial charge in [0.2, 0.25) is 0 Å². The number of hydrogen-bond donors (Lipinski definition) is 2. The van der Waals surface area contributed by atoms with Crippen molar-refractivity contribution in [2.24, 2.45) is 0 Å². The number of carbonyl (C=O) groups is 1. The van der Waals surface area contributed by atoms with E-state index < -0.39 is 0 Å². The van der Waals surface area contributed by atoms with Gasteiger partial charge >= 0.3 is 0 Å². The molecule has 2 aromatic heterocycles. The fraction of sp³-hybridized carbons (Fsp3) is 0.316. The number of benzene rings is 1. The maximum absolute atomic E-state index is 12.2. The second-order valence-electron chi connectivity index (χ2n) is 6.24. The minimum Gasteiger partial charge on any atom is -0.307 e. The molecule has 3 heterocycles. The van der Waals surface area contributed by atoms with Gasteiger partial charge in [-0.1, -0.05) is 12.1 Å². The van der Waals surface area contributed by atoms with Crippen molar-refractivity contribution in [2.45, 2.75) is 26.3 Å². The Bertz CT molecular complexity index is 774. The Labute approximate surface area is 157 Å². The first-order chi connectivity index (χ1) is 12.7. The van der Waals surface area contributed by atoms with Gasteiger partial charge in [-0.2, -0.15) is 5.10 Å². The summed E-state index contributed by atoms with van der Waals surface area (Å²) < 4.78 is 0. The summed E-state index contributed by atoms with van der Waals surface area (Å²) in [6.45, 7) is 5.24. The molecule has 0 unspecified atom stereocenters. The summed E-state index contributed by atoms with van der Waals surface area (Å²) in [6, 6.07) is 7.83. The highest BCUT2D eigenvalue weighted by Gasteiger charge is 2.12. The van der Waals surface area contributed by atoms with Gasteiger partial charge < -0.3 is 5.32 Å². The summed E-state index contributed by atoms with van der Waals surface area (Å²) in [6.07, 6.45) is 6.05. The molecule has 6 nitrogen and oxygen atoms in total. The zero-order valence-electron chi connectivity index (χ0n) is 14.8. The van der Waals surface area contributed by atoms with Crippen LogP contribution in [0.15, 0.2) is 47.5 Å². The number of aryl methyl sites for hydroxylation is 1. The van der Waals surface area contributed by atoms with E-state index in [9.17, 15) is 4.79 Å². The molecule has 4 rings (SSSR count). The number of nitrogens with one attached hydrogen (secondary N) is 2. The Balaban J connectivity index is 0.000000339. The van der Waals surface area contributed by atoms with Gasteiger partial charge in [-0.25, -0.2) is 0 Å². The van der Waals surface area contributed by atoms with E-state index >= 15 is 0 Å². The van der Waals surface area contributed by atoms with Crippen LogP contribution in [-0.2, 0) is 6.54 Å². The van der Waals surface area contributed by atoms with Crippen LogP contribution < -0.4 is 5.32 Å². The van der Waals surface area contributed by atoms with E-state index in [1.165, 1.54) is 31.5 Å². The molecule has 0 aliphatic carbocycles. The van der Waals surface area contributed by atoms with Crippen molar-refractivity contribution >= 4 is 23.1 Å². The molecule has 0 saturated carbocycles. The van der Waals surface area contributed by atoms with E-state index in [0.717, 1.165) is 12.1 Å². The van der Waals surface area contributed by atoms with Gasteiger partial charge in [-0.15, -0.1) is 11.3 Å². The standard InChI is InChI=1S/C16H20N4O.C3H3NS/c1-12-10-17-19-15(12)18-16(21)14-6-4-13(5-7-14)11-20-8-2-3-9-20;1-2-5-3-4-1/h4-7,10H,2-3,8-9,11H2,1H3,(H2,17,18,19,21);1-3H. The number of nitrogens with zero attached hydrogens (tertiary/aromatic N) is 3. The number of hydrogen-bond acceptors (Lipinski definition) is 5. The van der Waals surface area contributed by atoms with Crippen molar-refractivity contribution in [2.75, 3.05) is 18.4 Å². The van der Waals surface area contributed by atoms with Crippen LogP contribution in [0, 0.1) is 6.92 Å². The van der Waals surface area contributed by atoms with Crippen molar-refractivity contribution in [3.05, 3.63) is 64.2 Å². The van der Waals surface area contributed by atoms with Gasteiger partial charge in [-0.05, 0) is 50.6 Å². The first-order valence-corrected chi connectivity index (χ1v) is 9.61. The minimum absolute atomic E-state index is 0.116. The summed E-state index contributed by atoms with van der Waals surface area (Å²) in [5, 5.41) is 11.4. The number of thiazole rings is 1. The predicted octanol–water partition coefficient (Wildman–Crippen LogP) is 3.71. The SMILES string of the molecule is Cc1cn[nH]c1NC(=O)c1ccc(CN2CCCC2)cc1.c1cscn1. The second-order valence-corrected chi connectivity index (χ2v) is 6.99. The zero-order valence-corrected chi connectivity index (χ0v) is 15.6. The molecule has 1 amide bonds. The van der Waals surface area contributed by atoms with Crippen molar-refractivity contribution in [1.82, 2.24) is 20.1 Å². The predicted molar refractivity (Wildman–Crippen MR) is 104 cm³/mol. The second kappa shape index (κ2) is 9.26. The van der Waals surface area contributed by atoms with Crippen LogP contribution in [0.1, 0.15) is 34.3 Å². The Kier molecular flexibility index (Phi) is 6.51. The number of aromatic nitrogens is 3. The van der Waals surface area contributed by atoms with Crippen LogP contribution >= 0.6 is 11.3 Å². The largest absolute Gasteiger partial charge is 0.307 e. The van der Waals surface area contributed by atoms with Gasteiger partial charge in [0, 0.05) is 29.2 Å². The number of aromatic amines is 1. The van der Waals surface area contributed by atoms with Gasteiger partial charge in [0.05, 0.1) is 11.7 Å². The number of rotatable bonds is 4. The molecule has 136 valence electrons. The first-order valence-electron chi connectivity index (χ1n) is 8.67. The summed E-state index contributed by atoms with van der Waals surface area (Å²) in [5.74, 6) is 0.538. The highest BCUT2D eigenvalue weighted by molar-refractivity contribution is 7.07. The van der Waals surface area contributed by atoms with E-state index in [1.54, 1.807) is 29.2 Å². The molecule has 26 heavy (non-hydrogen) atoms. The molecule has 0 atom stereocenters. The molecule has 1 aromatic carbocycles. The molecule has 0 radical (unpaired) electrons. The Hall–Kier alpha value is -2.51. The van der Waals surface area contributed by atoms with Gasteiger partial charge in [0.25, 0.3) is 5.91 Å². The lowest BCUT2D eigenvalue weighted by Crippen LogP contribution is -2.18. The normalized spacial score (nSPS) is 13.9. The number of anilines is 1. The van der Waals surface area contributed by atoms with E-state index in [-0.39, 0.29) is 5.91 Å². The van der Waals surface area contributed by atoms with Crippen LogP contribution in [0.4, 0.5) is 5.82 Å². The maximum atomic E-state index is 12.2. The molecule has 0 bridgehead atoms. The molecule has 1 aliphatic rings. The van der Waals surface area contributed by atoms with Crippen LogP contribution in [0.2, 0.25) is 0 Å². The smallest absolute Gasteiger partial charge is 0.256 e. The molecule has 0 spiro atoms. The van der Waals surface area contributed by atoms with Crippen LogP contribution in [-0.4, -0.2) is 39.1 Å². The van der Waals surface area contributed by atoms with Crippen molar-refractivity contribution in [3.8, 4) is 0 Å². The maximum Gasteiger partial charge on any atom is 0.256 e. The molecule has 1 fully saturated rings. The zero-order chi connectivity index (χ0) is 18.2. The lowest BCUT2D eigenvalue weighted by Gasteiger charge is -2.14. The number of carbonyl (C=O) groups excluding carboxylic acids is 1. The summed E-state index contributed by atoms with van der Waals surface area (Å²) in [4.78, 5) is 18.3. The van der Waals surface area contributed by atoms with E-state index in [0.29, 0.717) is 11.4 Å². The van der Waals surface area contributed by atoms with Crippen LogP contribution in [0.3, 0.4) is 0 Å². The van der Waals surface area contributed by atoms with Crippen molar-refractivity contribution < 1.29 is 4.79 Å². The lowest BCUT2D eigenvalue weighted by atomic mass is 10.1. The average molecular weight is 369 g/mol. The number of likely N-dealkylation sites (tertiary alicyclic amines) is 1. The van der Waals surface area contributed by atoms with Crippen molar-refractivity contribution in [3.63, 3.8) is 0 Å². The van der Waals surface area contributed by atoms with E-state index in [2.05, 4.69) is 25.4 Å². The van der Waals surface area contributed by atoms with E-state index in [4.69, 9.17) is 0 Å². The molecule has 1 saturated heterocycles. The average Bonchev–Trinajstić information content (AvgIpc) is 3.41. The third-order valence-electron chi connectivity index (χ3n) is 4.24. The Morgan fingerprint density at radius 3 is 2.58 bits per heavy atom. The molecule has 7 heteroatoms. The van der Waals surface area contributed by atoms with Gasteiger partial charge in [0.15, 0.2) is 0 Å². The van der Waals surface area contributed by atoms with Gasteiger partial charge in [0.1, 0.15) is 5.82 Å². The topological polar surface area (TPSA) is 73.9 Å². The molecule has 2 N–H and O–H groups in total. The molecular formula is C19H23N5OS. The summed E-state index contributed by atoms with van der Waals surface area (Å²) in [7, 11) is 0. The highest BCUT2D eigenvalue weighted by Crippen LogP contribution is 2.15. The minimum atomic E-state index is -0.116. The fourth-order valence-corrected chi connectivity index (χ4v) is 3.15. The van der Waals surface area contributed by atoms with Crippen molar-refractivity contribution in [1.29, 1.82) is 0 Å². The number of amides is 1. The van der Waals surface area contributed by atoms with Crippen LogP contribution in [0.25, 0.3) is 0 Å².